The molecule has 104 valence electrons. The number of carbonyl (C=O) groups is 1. The Balaban J connectivity index is 1.89. The van der Waals surface area contributed by atoms with Crippen molar-refractivity contribution in [2.45, 2.75) is 43.5 Å². The summed E-state index contributed by atoms with van der Waals surface area (Å²) in [7, 11) is 0. The second kappa shape index (κ2) is 7.06. The van der Waals surface area contributed by atoms with Crippen LogP contribution in [0.5, 0.6) is 0 Å². The molecular weight excluding hydrogens is 306 g/mol. The molecule has 0 radical (unpaired) electrons. The largest absolute Gasteiger partial charge is 0.368 e. The van der Waals surface area contributed by atoms with E-state index in [1.807, 2.05) is 12.1 Å². The molecule has 1 saturated heterocycles. The quantitative estimate of drug-likeness (QED) is 0.841. The molecule has 0 bridgehead atoms. The Morgan fingerprint density at radius 2 is 2.21 bits per heavy atom. The molecule has 4 heteroatoms. The van der Waals surface area contributed by atoms with Crippen LogP contribution in [-0.4, -0.2) is 23.4 Å². The third-order valence-corrected chi connectivity index (χ3v) is 4.31. The number of alkyl halides is 1. The number of anilines is 1. The van der Waals surface area contributed by atoms with Gasteiger partial charge in [-0.2, -0.15) is 0 Å². The zero-order chi connectivity index (χ0) is 13.7. The number of nitrogens with one attached hydrogen (secondary N) is 1. The van der Waals surface area contributed by atoms with E-state index in [1.54, 1.807) is 0 Å². The minimum atomic E-state index is -0.272. The molecular formula is C15H20BrNO2. The zero-order valence-corrected chi connectivity index (χ0v) is 12.8. The van der Waals surface area contributed by atoms with Gasteiger partial charge in [-0.15, -0.1) is 0 Å². The summed E-state index contributed by atoms with van der Waals surface area (Å²) < 4.78 is 5.36. The molecule has 2 unspecified atom stereocenters. The van der Waals surface area contributed by atoms with Crippen LogP contribution in [0.1, 0.15) is 31.7 Å². The summed E-state index contributed by atoms with van der Waals surface area (Å²) in [6.45, 7) is 2.86. The maximum Gasteiger partial charge on any atom is 0.253 e. The van der Waals surface area contributed by atoms with Crippen molar-refractivity contribution >= 4 is 27.5 Å². The van der Waals surface area contributed by atoms with Crippen LogP contribution in [-0.2, 0) is 16.0 Å². The van der Waals surface area contributed by atoms with Gasteiger partial charge in [-0.1, -0.05) is 35.0 Å². The summed E-state index contributed by atoms with van der Waals surface area (Å²) in [5.41, 5.74) is 2.12. The van der Waals surface area contributed by atoms with Crippen LogP contribution in [0.3, 0.4) is 0 Å². The summed E-state index contributed by atoms with van der Waals surface area (Å²) in [5.74, 6) is -0.0304. The summed E-state index contributed by atoms with van der Waals surface area (Å²) in [6, 6.07) is 8.04. The smallest absolute Gasteiger partial charge is 0.253 e. The Hall–Kier alpha value is -0.870. The topological polar surface area (TPSA) is 38.3 Å². The molecule has 1 heterocycles. The first-order valence-corrected chi connectivity index (χ1v) is 7.76. The summed E-state index contributed by atoms with van der Waals surface area (Å²) in [5, 5.41) is 2.90. The van der Waals surface area contributed by atoms with E-state index in [4.69, 9.17) is 4.74 Å². The lowest BCUT2D eigenvalue weighted by Crippen LogP contribution is -2.26. The molecule has 0 spiro atoms. The van der Waals surface area contributed by atoms with E-state index >= 15 is 0 Å². The maximum absolute atomic E-state index is 11.9. The molecule has 1 amide bonds. The lowest BCUT2D eigenvalue weighted by molar-refractivity contribution is -0.124. The Labute approximate surface area is 122 Å². The normalized spacial score (nSPS) is 20.2. The Bertz CT molecular complexity index is 413. The molecule has 0 aromatic heterocycles. The highest BCUT2D eigenvalue weighted by Crippen LogP contribution is 2.18. The minimum Gasteiger partial charge on any atom is -0.368 e. The van der Waals surface area contributed by atoms with Crippen molar-refractivity contribution in [2.75, 3.05) is 11.9 Å². The van der Waals surface area contributed by atoms with E-state index in [9.17, 15) is 4.79 Å². The van der Waals surface area contributed by atoms with Crippen LogP contribution in [0, 0.1) is 0 Å². The summed E-state index contributed by atoms with van der Waals surface area (Å²) in [4.78, 5) is 12.4. The highest BCUT2D eigenvalue weighted by Gasteiger charge is 2.23. The first-order valence-electron chi connectivity index (χ1n) is 6.84. The number of ether oxygens (including phenoxy) is 1. The molecule has 2 rings (SSSR count). The Morgan fingerprint density at radius 1 is 1.47 bits per heavy atom. The standard InChI is InChI=1S/C15H20BrNO2/c1-2-12(16)10-11-5-7-13(8-6-11)17-15(18)14-4-3-9-19-14/h5-8,12,14H,2-4,9-10H2,1H3,(H,17,18). The SMILES string of the molecule is CCC(Br)Cc1ccc(NC(=O)C2CCCO2)cc1. The van der Waals surface area contributed by atoms with Gasteiger partial charge in [-0.05, 0) is 43.4 Å². The van der Waals surface area contributed by atoms with E-state index in [2.05, 4.69) is 40.3 Å². The minimum absolute atomic E-state index is 0.0304. The molecule has 1 aliphatic heterocycles. The molecule has 1 fully saturated rings. The van der Waals surface area contributed by atoms with E-state index in [0.29, 0.717) is 11.4 Å². The number of halogens is 1. The fourth-order valence-electron chi connectivity index (χ4n) is 2.13. The number of amides is 1. The number of hydrogen-bond donors (Lipinski definition) is 1. The van der Waals surface area contributed by atoms with Gasteiger partial charge in [0.05, 0.1) is 0 Å². The second-order valence-electron chi connectivity index (χ2n) is 4.90. The number of hydrogen-bond acceptors (Lipinski definition) is 2. The first-order chi connectivity index (χ1) is 9.19. The second-order valence-corrected chi connectivity index (χ2v) is 6.19. The van der Waals surface area contributed by atoms with Gasteiger partial charge in [0.15, 0.2) is 0 Å². The Kier molecular flexibility index (Phi) is 5.40. The number of carbonyl (C=O) groups excluding carboxylic acids is 1. The average molecular weight is 326 g/mol. The third kappa shape index (κ3) is 4.32. The summed E-state index contributed by atoms with van der Waals surface area (Å²) in [6.07, 6.45) is 3.65. The van der Waals surface area contributed by atoms with Gasteiger partial charge in [0.2, 0.25) is 0 Å². The van der Waals surface area contributed by atoms with Crippen LogP contribution >= 0.6 is 15.9 Å². The van der Waals surface area contributed by atoms with Crippen molar-refractivity contribution in [1.29, 1.82) is 0 Å². The van der Waals surface area contributed by atoms with Crippen LogP contribution in [0.2, 0.25) is 0 Å². The van der Waals surface area contributed by atoms with Gasteiger partial charge in [-0.3, -0.25) is 4.79 Å². The monoisotopic (exact) mass is 325 g/mol. The van der Waals surface area contributed by atoms with Crippen molar-refractivity contribution in [3.63, 3.8) is 0 Å². The molecule has 1 aliphatic rings. The van der Waals surface area contributed by atoms with Crippen molar-refractivity contribution in [1.82, 2.24) is 0 Å². The highest BCUT2D eigenvalue weighted by molar-refractivity contribution is 9.09. The lowest BCUT2D eigenvalue weighted by Gasteiger charge is -2.11. The molecule has 1 aromatic carbocycles. The van der Waals surface area contributed by atoms with Gasteiger partial charge in [0.25, 0.3) is 5.91 Å². The predicted molar refractivity (Wildman–Crippen MR) is 80.8 cm³/mol. The van der Waals surface area contributed by atoms with Crippen LogP contribution in [0.15, 0.2) is 24.3 Å². The number of benzene rings is 1. The Morgan fingerprint density at radius 3 is 2.79 bits per heavy atom. The van der Waals surface area contributed by atoms with Gasteiger partial charge >= 0.3 is 0 Å². The first kappa shape index (κ1) is 14.5. The van der Waals surface area contributed by atoms with Crippen molar-refractivity contribution < 1.29 is 9.53 Å². The van der Waals surface area contributed by atoms with Gasteiger partial charge in [-0.25, -0.2) is 0 Å². The average Bonchev–Trinajstić information content (AvgIpc) is 2.95. The zero-order valence-electron chi connectivity index (χ0n) is 11.2. The van der Waals surface area contributed by atoms with E-state index in [-0.39, 0.29) is 12.0 Å². The van der Waals surface area contributed by atoms with E-state index in [1.165, 1.54) is 5.56 Å². The van der Waals surface area contributed by atoms with E-state index < -0.39 is 0 Å². The molecule has 19 heavy (non-hydrogen) atoms. The molecule has 3 nitrogen and oxygen atoms in total. The van der Waals surface area contributed by atoms with E-state index in [0.717, 1.165) is 31.4 Å². The number of rotatable bonds is 5. The van der Waals surface area contributed by atoms with Crippen molar-refractivity contribution in [3.05, 3.63) is 29.8 Å². The molecule has 0 saturated carbocycles. The third-order valence-electron chi connectivity index (χ3n) is 3.34. The van der Waals surface area contributed by atoms with Crippen molar-refractivity contribution in [2.24, 2.45) is 0 Å². The highest BCUT2D eigenvalue weighted by atomic mass is 79.9. The lowest BCUT2D eigenvalue weighted by atomic mass is 10.1. The van der Waals surface area contributed by atoms with Crippen molar-refractivity contribution in [3.8, 4) is 0 Å². The van der Waals surface area contributed by atoms with Gasteiger partial charge in [0.1, 0.15) is 6.10 Å². The fourth-order valence-corrected chi connectivity index (χ4v) is 2.51. The molecule has 1 aromatic rings. The molecule has 0 aliphatic carbocycles. The van der Waals surface area contributed by atoms with Crippen LogP contribution in [0.25, 0.3) is 0 Å². The maximum atomic E-state index is 11.9. The van der Waals surface area contributed by atoms with Gasteiger partial charge in [0, 0.05) is 17.1 Å². The molecule has 2 atom stereocenters. The summed E-state index contributed by atoms with van der Waals surface area (Å²) >= 11 is 3.63. The fraction of sp³-hybridized carbons (Fsp3) is 0.533. The van der Waals surface area contributed by atoms with Crippen LogP contribution < -0.4 is 5.32 Å². The molecule has 1 N–H and O–H groups in total. The van der Waals surface area contributed by atoms with Gasteiger partial charge < -0.3 is 10.1 Å². The van der Waals surface area contributed by atoms with Crippen LogP contribution in [0.4, 0.5) is 5.69 Å². The predicted octanol–water partition coefficient (Wildman–Crippen LogP) is 3.52.